The third-order valence-corrected chi connectivity index (χ3v) is 4.57. The average Bonchev–Trinajstić information content (AvgIpc) is 2.61. The summed E-state index contributed by atoms with van der Waals surface area (Å²) in [6, 6.07) is 11.4. The molecule has 132 valence electrons. The maximum absolute atomic E-state index is 11.5. The molecule has 1 aromatic heterocycles. The number of halogens is 1. The van der Waals surface area contributed by atoms with Gasteiger partial charge in [-0.15, -0.1) is 0 Å². The van der Waals surface area contributed by atoms with Gasteiger partial charge in [-0.25, -0.2) is 4.98 Å². The highest BCUT2D eigenvalue weighted by atomic mass is 35.5. The number of benzene rings is 1. The van der Waals surface area contributed by atoms with Gasteiger partial charge in [0.15, 0.2) is 0 Å². The molecule has 3 atom stereocenters. The van der Waals surface area contributed by atoms with E-state index in [2.05, 4.69) is 10.3 Å². The fourth-order valence-electron chi connectivity index (χ4n) is 3.14. The Kier molecular flexibility index (Phi) is 5.56. The molecule has 3 rings (SSSR count). The standard InChI is InChI=1S/C19H21ClN2O3/c1-12(23)22-16-9-17(13-3-6-15(20)7-4-13)25-18(10-16)14-5-8-19(24-2)21-11-14/h3-8,11,16-18H,9-10H2,1-2H3,(H,22,23)/t16-,17-,18+/m1/s1. The number of hydrogen-bond acceptors (Lipinski definition) is 4. The van der Waals surface area contributed by atoms with Gasteiger partial charge in [0, 0.05) is 30.3 Å². The average molecular weight is 361 g/mol. The van der Waals surface area contributed by atoms with Crippen molar-refractivity contribution >= 4 is 17.5 Å². The highest BCUT2D eigenvalue weighted by Crippen LogP contribution is 2.39. The van der Waals surface area contributed by atoms with Crippen molar-refractivity contribution in [2.45, 2.75) is 38.0 Å². The molecule has 0 radical (unpaired) electrons. The van der Waals surface area contributed by atoms with Crippen molar-refractivity contribution in [3.8, 4) is 5.88 Å². The van der Waals surface area contributed by atoms with Crippen LogP contribution in [0.25, 0.3) is 0 Å². The Balaban J connectivity index is 1.83. The van der Waals surface area contributed by atoms with Gasteiger partial charge in [0.05, 0.1) is 19.3 Å². The number of nitrogens with zero attached hydrogens (tertiary/aromatic N) is 1. The quantitative estimate of drug-likeness (QED) is 0.899. The Morgan fingerprint density at radius 1 is 1.16 bits per heavy atom. The number of amides is 1. The molecular formula is C19H21ClN2O3. The third kappa shape index (κ3) is 4.50. The van der Waals surface area contributed by atoms with Gasteiger partial charge in [0.2, 0.25) is 11.8 Å². The minimum atomic E-state index is -0.148. The number of carbonyl (C=O) groups excluding carboxylic acids is 1. The summed E-state index contributed by atoms with van der Waals surface area (Å²) >= 11 is 5.98. The molecule has 1 amide bonds. The van der Waals surface area contributed by atoms with E-state index < -0.39 is 0 Å². The van der Waals surface area contributed by atoms with Crippen molar-refractivity contribution in [3.05, 3.63) is 58.7 Å². The molecule has 5 nitrogen and oxygen atoms in total. The summed E-state index contributed by atoms with van der Waals surface area (Å²) in [6.07, 6.45) is 2.93. The van der Waals surface area contributed by atoms with Gasteiger partial charge in [-0.2, -0.15) is 0 Å². The Labute approximate surface area is 152 Å². The van der Waals surface area contributed by atoms with E-state index in [0.717, 1.165) is 17.5 Å². The number of hydrogen-bond donors (Lipinski definition) is 1. The molecule has 0 saturated carbocycles. The van der Waals surface area contributed by atoms with Crippen molar-refractivity contribution < 1.29 is 14.3 Å². The van der Waals surface area contributed by atoms with Gasteiger partial charge in [-0.1, -0.05) is 23.7 Å². The van der Waals surface area contributed by atoms with Crippen LogP contribution in [0.3, 0.4) is 0 Å². The number of pyridine rings is 1. The topological polar surface area (TPSA) is 60.5 Å². The van der Waals surface area contributed by atoms with Crippen molar-refractivity contribution in [3.63, 3.8) is 0 Å². The van der Waals surface area contributed by atoms with Crippen LogP contribution >= 0.6 is 11.6 Å². The van der Waals surface area contributed by atoms with Gasteiger partial charge in [0.25, 0.3) is 0 Å². The molecule has 25 heavy (non-hydrogen) atoms. The van der Waals surface area contributed by atoms with Crippen molar-refractivity contribution in [1.29, 1.82) is 0 Å². The molecule has 0 aliphatic carbocycles. The second kappa shape index (κ2) is 7.85. The molecule has 1 aromatic carbocycles. The summed E-state index contributed by atoms with van der Waals surface area (Å²) in [5, 5.41) is 3.71. The highest BCUT2D eigenvalue weighted by Gasteiger charge is 2.32. The summed E-state index contributed by atoms with van der Waals surface area (Å²) in [5.74, 6) is 0.528. The summed E-state index contributed by atoms with van der Waals surface area (Å²) in [7, 11) is 1.59. The van der Waals surface area contributed by atoms with E-state index in [1.54, 1.807) is 13.3 Å². The summed E-state index contributed by atoms with van der Waals surface area (Å²) in [5.41, 5.74) is 2.01. The lowest BCUT2D eigenvalue weighted by molar-refractivity contribution is -0.122. The maximum Gasteiger partial charge on any atom is 0.217 e. The lowest BCUT2D eigenvalue weighted by atomic mass is 9.91. The van der Waals surface area contributed by atoms with Crippen LogP contribution < -0.4 is 10.1 Å². The highest BCUT2D eigenvalue weighted by molar-refractivity contribution is 6.30. The molecule has 1 aliphatic rings. The first-order valence-electron chi connectivity index (χ1n) is 8.23. The fourth-order valence-corrected chi connectivity index (χ4v) is 3.26. The molecule has 1 fully saturated rings. The predicted molar refractivity (Wildman–Crippen MR) is 95.6 cm³/mol. The second-order valence-corrected chi connectivity index (χ2v) is 6.60. The van der Waals surface area contributed by atoms with Crippen LogP contribution in [0.2, 0.25) is 5.02 Å². The van der Waals surface area contributed by atoms with E-state index in [1.807, 2.05) is 36.4 Å². The number of carbonyl (C=O) groups is 1. The van der Waals surface area contributed by atoms with Crippen LogP contribution in [0.1, 0.15) is 43.1 Å². The second-order valence-electron chi connectivity index (χ2n) is 6.17. The van der Waals surface area contributed by atoms with E-state index in [0.29, 0.717) is 17.3 Å². The number of nitrogens with one attached hydrogen (secondary N) is 1. The monoisotopic (exact) mass is 360 g/mol. The Morgan fingerprint density at radius 3 is 2.36 bits per heavy atom. The van der Waals surface area contributed by atoms with E-state index in [-0.39, 0.29) is 24.2 Å². The van der Waals surface area contributed by atoms with Crippen molar-refractivity contribution in [2.75, 3.05) is 7.11 Å². The van der Waals surface area contributed by atoms with Gasteiger partial charge in [-0.05, 0) is 42.2 Å². The molecule has 1 N–H and O–H groups in total. The Morgan fingerprint density at radius 2 is 1.80 bits per heavy atom. The molecule has 0 bridgehead atoms. The first-order chi connectivity index (χ1) is 12.0. The van der Waals surface area contributed by atoms with E-state index in [1.165, 1.54) is 6.92 Å². The lowest BCUT2D eigenvalue weighted by Gasteiger charge is -2.36. The summed E-state index contributed by atoms with van der Waals surface area (Å²) in [6.45, 7) is 1.54. The molecule has 2 aromatic rings. The van der Waals surface area contributed by atoms with Crippen LogP contribution in [0.5, 0.6) is 5.88 Å². The zero-order valence-electron chi connectivity index (χ0n) is 14.2. The zero-order valence-corrected chi connectivity index (χ0v) is 15.0. The first kappa shape index (κ1) is 17.7. The van der Waals surface area contributed by atoms with Gasteiger partial charge < -0.3 is 14.8 Å². The van der Waals surface area contributed by atoms with E-state index in [9.17, 15) is 4.79 Å². The maximum atomic E-state index is 11.5. The van der Waals surface area contributed by atoms with E-state index in [4.69, 9.17) is 21.1 Å². The van der Waals surface area contributed by atoms with Crippen molar-refractivity contribution in [1.82, 2.24) is 10.3 Å². The van der Waals surface area contributed by atoms with Gasteiger partial charge >= 0.3 is 0 Å². The zero-order chi connectivity index (χ0) is 17.8. The normalized spacial score (nSPS) is 23.1. The number of aromatic nitrogens is 1. The predicted octanol–water partition coefficient (Wildman–Crippen LogP) is 3.84. The minimum Gasteiger partial charge on any atom is -0.481 e. The molecular weight excluding hydrogens is 340 g/mol. The Bertz CT molecular complexity index is 718. The smallest absolute Gasteiger partial charge is 0.217 e. The molecule has 6 heteroatoms. The fraction of sp³-hybridized carbons (Fsp3) is 0.368. The Hall–Kier alpha value is -2.11. The number of methoxy groups -OCH3 is 1. The largest absolute Gasteiger partial charge is 0.481 e. The lowest BCUT2D eigenvalue weighted by Crippen LogP contribution is -2.39. The van der Waals surface area contributed by atoms with Crippen molar-refractivity contribution in [2.24, 2.45) is 0 Å². The summed E-state index contributed by atoms with van der Waals surface area (Å²) in [4.78, 5) is 15.8. The number of rotatable bonds is 4. The van der Waals surface area contributed by atoms with Crippen LogP contribution in [-0.4, -0.2) is 24.0 Å². The van der Waals surface area contributed by atoms with Crippen LogP contribution in [0.15, 0.2) is 42.6 Å². The number of ether oxygens (including phenoxy) is 2. The van der Waals surface area contributed by atoms with Crippen LogP contribution in [-0.2, 0) is 9.53 Å². The van der Waals surface area contributed by atoms with Gasteiger partial charge in [0.1, 0.15) is 0 Å². The van der Waals surface area contributed by atoms with Gasteiger partial charge in [-0.3, -0.25) is 4.79 Å². The first-order valence-corrected chi connectivity index (χ1v) is 8.61. The SMILES string of the molecule is COc1ccc([C@@H]2C[C@H](NC(C)=O)C[C@H](c3ccc(Cl)cc3)O2)cn1. The minimum absolute atomic E-state index is 0.0339. The van der Waals surface area contributed by atoms with E-state index >= 15 is 0 Å². The molecule has 0 unspecified atom stereocenters. The van der Waals surface area contributed by atoms with Crippen LogP contribution in [0, 0.1) is 0 Å². The molecule has 1 saturated heterocycles. The van der Waals surface area contributed by atoms with Crippen LogP contribution in [0.4, 0.5) is 0 Å². The molecule has 0 spiro atoms. The molecule has 1 aliphatic heterocycles. The summed E-state index contributed by atoms with van der Waals surface area (Å²) < 4.78 is 11.4. The third-order valence-electron chi connectivity index (χ3n) is 4.32. The molecule has 2 heterocycles.